The van der Waals surface area contributed by atoms with Gasteiger partial charge in [-0.1, -0.05) is 27.7 Å². The molecule has 2 amide bonds. The average molecular weight is 371 g/mol. The molecule has 0 spiro atoms. The zero-order valence-electron chi connectivity index (χ0n) is 17.2. The number of nitrogens with one attached hydrogen (secondary N) is 3. The largest absolute Gasteiger partial charge is 0.345 e. The molecule has 7 heteroatoms. The van der Waals surface area contributed by atoms with Crippen LogP contribution in [0.25, 0.3) is 0 Å². The van der Waals surface area contributed by atoms with Gasteiger partial charge in [-0.05, 0) is 58.0 Å². The summed E-state index contributed by atoms with van der Waals surface area (Å²) >= 11 is 0. The van der Waals surface area contributed by atoms with Crippen LogP contribution in [0.5, 0.6) is 0 Å². The van der Waals surface area contributed by atoms with Crippen LogP contribution >= 0.6 is 0 Å². The predicted octanol–water partition coefficient (Wildman–Crippen LogP) is 0.964. The minimum atomic E-state index is -0.659. The minimum absolute atomic E-state index is 0.0831. The van der Waals surface area contributed by atoms with Crippen molar-refractivity contribution in [3.05, 3.63) is 0 Å². The fourth-order valence-electron chi connectivity index (χ4n) is 2.87. The van der Waals surface area contributed by atoms with E-state index in [1.807, 2.05) is 27.7 Å². The van der Waals surface area contributed by atoms with Crippen molar-refractivity contribution in [1.82, 2.24) is 16.0 Å². The van der Waals surface area contributed by atoms with Crippen LogP contribution in [0.2, 0.25) is 0 Å². The molecule has 0 saturated carbocycles. The number of Topliss-reactive ketones (excluding diaryl/α,β-unsaturated/α-hetero) is 1. The van der Waals surface area contributed by atoms with Crippen LogP contribution in [0.3, 0.4) is 0 Å². The molecule has 26 heavy (non-hydrogen) atoms. The first-order valence-electron chi connectivity index (χ1n) is 9.62. The molecule has 0 saturated heterocycles. The highest BCUT2D eigenvalue weighted by molar-refractivity contribution is 5.93. The van der Waals surface area contributed by atoms with Crippen LogP contribution in [0, 0.1) is 11.8 Å². The topological polar surface area (TPSA) is 113 Å². The predicted molar refractivity (Wildman–Crippen MR) is 105 cm³/mol. The van der Waals surface area contributed by atoms with Crippen LogP contribution in [-0.4, -0.2) is 49.3 Å². The van der Waals surface area contributed by atoms with Crippen molar-refractivity contribution in [1.29, 1.82) is 0 Å². The number of likely N-dealkylation sites (N-methyl/N-ethyl adjacent to an activating group) is 1. The van der Waals surface area contributed by atoms with Gasteiger partial charge >= 0.3 is 0 Å². The number of carbonyl (C=O) groups is 3. The Balaban J connectivity index is 5.05. The van der Waals surface area contributed by atoms with E-state index in [0.717, 1.165) is 12.8 Å². The first-order valence-corrected chi connectivity index (χ1v) is 9.62. The molecule has 0 radical (unpaired) electrons. The second-order valence-corrected chi connectivity index (χ2v) is 7.66. The number of amides is 2. The summed E-state index contributed by atoms with van der Waals surface area (Å²) in [5.74, 6) is -0.264. The van der Waals surface area contributed by atoms with Gasteiger partial charge in [-0.2, -0.15) is 0 Å². The molecule has 0 heterocycles. The Hall–Kier alpha value is -1.47. The second-order valence-electron chi connectivity index (χ2n) is 7.66. The molecule has 7 nitrogen and oxygen atoms in total. The van der Waals surface area contributed by atoms with Gasteiger partial charge in [-0.25, -0.2) is 0 Å². The summed E-state index contributed by atoms with van der Waals surface area (Å²) < 4.78 is 0. The van der Waals surface area contributed by atoms with Gasteiger partial charge in [0.15, 0.2) is 5.78 Å². The summed E-state index contributed by atoms with van der Waals surface area (Å²) in [7, 11) is 1.73. The lowest BCUT2D eigenvalue weighted by Gasteiger charge is -2.26. The van der Waals surface area contributed by atoms with Crippen molar-refractivity contribution in [3.63, 3.8) is 0 Å². The van der Waals surface area contributed by atoms with Crippen molar-refractivity contribution >= 4 is 17.6 Å². The second kappa shape index (κ2) is 12.8. The lowest BCUT2D eigenvalue weighted by Crippen LogP contribution is -2.55. The average Bonchev–Trinajstić information content (AvgIpc) is 2.52. The number of rotatable bonds is 13. The van der Waals surface area contributed by atoms with E-state index < -0.39 is 12.1 Å². The van der Waals surface area contributed by atoms with Gasteiger partial charge in [-0.15, -0.1) is 0 Å². The highest BCUT2D eigenvalue weighted by atomic mass is 16.2. The lowest BCUT2D eigenvalue weighted by molar-refractivity contribution is -0.132. The Bertz CT molecular complexity index is 452. The Labute approximate surface area is 158 Å². The van der Waals surface area contributed by atoms with Gasteiger partial charge in [0.2, 0.25) is 11.8 Å². The Kier molecular flexibility index (Phi) is 12.1. The van der Waals surface area contributed by atoms with Crippen molar-refractivity contribution < 1.29 is 14.4 Å². The quantitative estimate of drug-likeness (QED) is 0.361. The van der Waals surface area contributed by atoms with Gasteiger partial charge < -0.3 is 21.7 Å². The summed E-state index contributed by atoms with van der Waals surface area (Å²) in [6.07, 6.45) is 2.66. The van der Waals surface area contributed by atoms with Gasteiger partial charge in [-0.3, -0.25) is 14.4 Å². The highest BCUT2D eigenvalue weighted by Crippen LogP contribution is 2.09. The summed E-state index contributed by atoms with van der Waals surface area (Å²) in [6.45, 7) is 9.91. The first kappa shape index (κ1) is 24.5. The van der Waals surface area contributed by atoms with E-state index in [2.05, 4.69) is 16.0 Å². The fourth-order valence-corrected chi connectivity index (χ4v) is 2.87. The van der Waals surface area contributed by atoms with E-state index in [-0.39, 0.29) is 35.5 Å². The van der Waals surface area contributed by atoms with E-state index >= 15 is 0 Å². The van der Waals surface area contributed by atoms with Crippen LogP contribution in [0.1, 0.15) is 60.3 Å². The molecule has 3 atom stereocenters. The van der Waals surface area contributed by atoms with Crippen LogP contribution in [0.15, 0.2) is 0 Å². The van der Waals surface area contributed by atoms with Crippen molar-refractivity contribution in [2.45, 2.75) is 78.4 Å². The van der Waals surface area contributed by atoms with Gasteiger partial charge in [0.1, 0.15) is 6.04 Å². The number of carbonyl (C=O) groups excluding carboxylic acids is 3. The molecule has 0 aromatic rings. The zero-order chi connectivity index (χ0) is 20.3. The van der Waals surface area contributed by atoms with Gasteiger partial charge in [0.05, 0.1) is 12.1 Å². The van der Waals surface area contributed by atoms with Gasteiger partial charge in [0.25, 0.3) is 0 Å². The smallest absolute Gasteiger partial charge is 0.243 e. The van der Waals surface area contributed by atoms with Crippen molar-refractivity contribution in [2.75, 3.05) is 13.6 Å². The molecule has 0 aliphatic rings. The summed E-state index contributed by atoms with van der Waals surface area (Å²) in [4.78, 5) is 37.1. The molecule has 0 unspecified atom stereocenters. The maximum Gasteiger partial charge on any atom is 0.243 e. The molecular formula is C19H38N4O3. The number of nitrogens with two attached hydrogens (primary N) is 1. The molecule has 5 N–H and O–H groups in total. The lowest BCUT2D eigenvalue weighted by atomic mass is 9.99. The van der Waals surface area contributed by atoms with E-state index in [1.54, 1.807) is 7.05 Å². The van der Waals surface area contributed by atoms with Crippen LogP contribution in [0.4, 0.5) is 0 Å². The number of ketones is 1. The molecule has 0 fully saturated rings. The zero-order valence-corrected chi connectivity index (χ0v) is 17.2. The van der Waals surface area contributed by atoms with Crippen LogP contribution in [-0.2, 0) is 14.4 Å². The third-order valence-corrected chi connectivity index (χ3v) is 4.35. The monoisotopic (exact) mass is 370 g/mol. The molecule has 0 aromatic carbocycles. The van der Waals surface area contributed by atoms with E-state index in [9.17, 15) is 14.4 Å². The number of unbranched alkanes of at least 4 members (excludes halogenated alkanes) is 1. The van der Waals surface area contributed by atoms with E-state index in [1.165, 1.54) is 6.92 Å². The van der Waals surface area contributed by atoms with Gasteiger partial charge in [0, 0.05) is 0 Å². The van der Waals surface area contributed by atoms with E-state index in [4.69, 9.17) is 5.73 Å². The molecule has 0 aliphatic carbocycles. The SMILES string of the molecule is CN[C@H](C(=O)N[C@@H](CC(C)C)C(=O)N[C@@H](CCCCN)C(C)=O)C(C)C. The summed E-state index contributed by atoms with van der Waals surface area (Å²) in [6, 6.07) is -1.56. The molecule has 0 bridgehead atoms. The molecule has 0 aliphatic heterocycles. The Morgan fingerprint density at radius 1 is 0.923 bits per heavy atom. The molecular weight excluding hydrogens is 332 g/mol. The standard InChI is InChI=1S/C19H38N4O3/c1-12(2)11-16(23-19(26)17(21-6)13(3)4)18(25)22-15(14(5)24)9-7-8-10-20/h12-13,15-17,21H,7-11,20H2,1-6H3,(H,22,25)(H,23,26)/t15-,16-,17-/m0/s1. The Morgan fingerprint density at radius 3 is 1.92 bits per heavy atom. The first-order chi connectivity index (χ1) is 12.1. The fraction of sp³-hybridized carbons (Fsp3) is 0.842. The highest BCUT2D eigenvalue weighted by Gasteiger charge is 2.28. The Morgan fingerprint density at radius 2 is 1.50 bits per heavy atom. The third-order valence-electron chi connectivity index (χ3n) is 4.35. The minimum Gasteiger partial charge on any atom is -0.345 e. The summed E-state index contributed by atoms with van der Waals surface area (Å²) in [5.41, 5.74) is 5.49. The number of hydrogen-bond donors (Lipinski definition) is 4. The van der Waals surface area contributed by atoms with E-state index in [0.29, 0.717) is 19.4 Å². The third kappa shape index (κ3) is 9.29. The summed E-state index contributed by atoms with van der Waals surface area (Å²) in [5, 5.41) is 8.64. The molecule has 0 rings (SSSR count). The number of hydrogen-bond acceptors (Lipinski definition) is 5. The van der Waals surface area contributed by atoms with Crippen molar-refractivity contribution in [3.8, 4) is 0 Å². The maximum absolute atomic E-state index is 12.7. The van der Waals surface area contributed by atoms with Crippen LogP contribution < -0.4 is 21.7 Å². The van der Waals surface area contributed by atoms with Crippen molar-refractivity contribution in [2.24, 2.45) is 17.6 Å². The molecule has 152 valence electrons. The maximum atomic E-state index is 12.7. The normalized spacial score (nSPS) is 14.8. The molecule has 0 aromatic heterocycles.